The third-order valence-electron chi connectivity index (χ3n) is 6.58. The minimum Gasteiger partial charge on any atom is -0.493 e. The van der Waals surface area contributed by atoms with Crippen molar-refractivity contribution in [1.82, 2.24) is 24.8 Å². The molecule has 41 heavy (non-hydrogen) atoms. The highest BCUT2D eigenvalue weighted by Crippen LogP contribution is 2.42. The Morgan fingerprint density at radius 1 is 1.15 bits per heavy atom. The molecule has 2 aromatic carbocycles. The van der Waals surface area contributed by atoms with Gasteiger partial charge in [0.2, 0.25) is 0 Å². The summed E-state index contributed by atoms with van der Waals surface area (Å²) >= 11 is 2.64. The number of aromatic amines is 1. The van der Waals surface area contributed by atoms with Crippen molar-refractivity contribution in [1.29, 1.82) is 0 Å². The van der Waals surface area contributed by atoms with Gasteiger partial charge in [-0.2, -0.15) is 10.2 Å². The van der Waals surface area contributed by atoms with Crippen LogP contribution >= 0.6 is 23.1 Å². The number of hydrogen-bond donors (Lipinski definition) is 1. The van der Waals surface area contributed by atoms with E-state index < -0.39 is 11.6 Å². The Morgan fingerprint density at radius 3 is 2.71 bits per heavy atom. The molecule has 0 radical (unpaired) electrons. The first-order valence-electron chi connectivity index (χ1n) is 12.5. The first kappa shape index (κ1) is 26.7. The van der Waals surface area contributed by atoms with E-state index >= 15 is 0 Å². The van der Waals surface area contributed by atoms with Gasteiger partial charge in [0.25, 0.3) is 11.5 Å². The number of amides is 1. The number of ether oxygens (including phenoxy) is 2. The van der Waals surface area contributed by atoms with Gasteiger partial charge in [0.1, 0.15) is 11.2 Å². The molecule has 0 aliphatic carbocycles. The lowest BCUT2D eigenvalue weighted by Crippen LogP contribution is -2.29. The molecule has 0 bridgehead atoms. The summed E-state index contributed by atoms with van der Waals surface area (Å²) in [4.78, 5) is 34.7. The maximum Gasteiger partial charge on any atom is 0.262 e. The fraction of sp³-hybridized carbons (Fsp3) is 0.179. The number of hydrogen-bond acceptors (Lipinski definition) is 9. The number of nitrogens with one attached hydrogen (secondary N) is 1. The molecule has 6 rings (SSSR count). The molecule has 5 aromatic rings. The van der Waals surface area contributed by atoms with Gasteiger partial charge in [0, 0.05) is 12.0 Å². The summed E-state index contributed by atoms with van der Waals surface area (Å²) in [5.41, 5.74) is 2.03. The van der Waals surface area contributed by atoms with E-state index in [9.17, 15) is 14.0 Å². The van der Waals surface area contributed by atoms with Gasteiger partial charge in [0.05, 0.1) is 48.5 Å². The molecule has 0 spiro atoms. The smallest absolute Gasteiger partial charge is 0.262 e. The van der Waals surface area contributed by atoms with Gasteiger partial charge in [-0.3, -0.25) is 9.59 Å². The largest absolute Gasteiger partial charge is 0.493 e. The second-order valence-electron chi connectivity index (χ2n) is 8.99. The van der Waals surface area contributed by atoms with Crippen LogP contribution in [0, 0.1) is 5.82 Å². The highest BCUT2D eigenvalue weighted by atomic mass is 32.2. The number of carbonyl (C=O) groups excluding carboxylic acids is 1. The highest BCUT2D eigenvalue weighted by molar-refractivity contribution is 7.99. The fourth-order valence-corrected chi connectivity index (χ4v) is 6.11. The molecular weight excluding hydrogens is 567 g/mol. The number of rotatable bonds is 8. The van der Waals surface area contributed by atoms with Crippen LogP contribution in [0.5, 0.6) is 11.5 Å². The number of halogens is 1. The van der Waals surface area contributed by atoms with Crippen molar-refractivity contribution >= 4 is 45.8 Å². The van der Waals surface area contributed by atoms with Crippen molar-refractivity contribution in [2.75, 3.05) is 20.0 Å². The van der Waals surface area contributed by atoms with E-state index in [0.29, 0.717) is 29.3 Å². The lowest BCUT2D eigenvalue weighted by Gasteiger charge is -2.24. The molecule has 0 saturated heterocycles. The molecule has 0 fully saturated rings. The van der Waals surface area contributed by atoms with Crippen molar-refractivity contribution in [2.45, 2.75) is 17.6 Å². The highest BCUT2D eigenvalue weighted by Gasteiger charge is 2.36. The number of methoxy groups -OCH3 is 2. The molecule has 0 saturated carbocycles. The van der Waals surface area contributed by atoms with Gasteiger partial charge in [-0.1, -0.05) is 30.0 Å². The number of benzene rings is 2. The van der Waals surface area contributed by atoms with Crippen LogP contribution in [0.15, 0.2) is 81.2 Å². The third-order valence-corrected chi connectivity index (χ3v) is 8.36. The topological polar surface area (TPSA) is 115 Å². The molecule has 0 unspecified atom stereocenters. The average molecular weight is 591 g/mol. The summed E-state index contributed by atoms with van der Waals surface area (Å²) < 4.78 is 26.0. The summed E-state index contributed by atoms with van der Waals surface area (Å²) in [6.45, 7) is 0. The molecule has 1 aliphatic heterocycles. The Kier molecular flexibility index (Phi) is 7.28. The SMILES string of the molecule is COc1cccc([C@H]2CC(c3cccs3)=NN2C(=O)CSc2nc3c(cnn3-c3ccc(F)cc3)c(=O)[nH]2)c1OC. The predicted molar refractivity (Wildman–Crippen MR) is 155 cm³/mol. The molecule has 10 nitrogen and oxygen atoms in total. The monoisotopic (exact) mass is 590 g/mol. The van der Waals surface area contributed by atoms with Gasteiger partial charge in [0.15, 0.2) is 22.3 Å². The van der Waals surface area contributed by atoms with E-state index in [4.69, 9.17) is 14.6 Å². The number of hydrazone groups is 1. The van der Waals surface area contributed by atoms with Gasteiger partial charge in [-0.05, 0) is 41.8 Å². The maximum atomic E-state index is 13.6. The Morgan fingerprint density at radius 2 is 1.98 bits per heavy atom. The van der Waals surface area contributed by atoms with Crippen molar-refractivity contribution in [3.05, 3.63) is 92.8 Å². The number of para-hydroxylation sites is 1. The van der Waals surface area contributed by atoms with E-state index in [1.54, 1.807) is 43.8 Å². The first-order chi connectivity index (χ1) is 20.0. The first-order valence-corrected chi connectivity index (χ1v) is 14.3. The summed E-state index contributed by atoms with van der Waals surface area (Å²) in [5.74, 6) is 0.403. The van der Waals surface area contributed by atoms with Crippen LogP contribution in [0.1, 0.15) is 22.9 Å². The standard InChI is InChI=1S/C28H23FN6O4S2/c1-38-22-6-3-5-18(25(22)39-2)21-13-20(23-7-4-12-40-23)33-35(21)24(36)15-41-28-31-26-19(27(37)32-28)14-30-34(26)17-10-8-16(29)9-11-17/h3-12,14,21H,13,15H2,1-2H3,(H,31,32,37)/t21-/m1/s1. The van der Waals surface area contributed by atoms with Gasteiger partial charge < -0.3 is 14.5 Å². The molecule has 1 N–H and O–H groups in total. The molecule has 4 heterocycles. The van der Waals surface area contributed by atoms with Crippen LogP contribution in [0.3, 0.4) is 0 Å². The zero-order chi connectivity index (χ0) is 28.5. The second kappa shape index (κ2) is 11.2. The lowest BCUT2D eigenvalue weighted by atomic mass is 9.99. The molecule has 13 heteroatoms. The Bertz CT molecular complexity index is 1820. The van der Waals surface area contributed by atoms with Crippen LogP contribution in [-0.4, -0.2) is 56.3 Å². The average Bonchev–Trinajstić information content (AvgIpc) is 3.76. The molecular formula is C28H23FN6O4S2. The number of H-pyrrole nitrogens is 1. The number of thioether (sulfide) groups is 1. The molecule has 1 amide bonds. The lowest BCUT2D eigenvalue weighted by molar-refractivity contribution is -0.130. The number of carbonyl (C=O) groups is 1. The van der Waals surface area contributed by atoms with Crippen LogP contribution in [0.4, 0.5) is 4.39 Å². The van der Waals surface area contributed by atoms with E-state index in [1.165, 1.54) is 28.0 Å². The van der Waals surface area contributed by atoms with Crippen LogP contribution < -0.4 is 15.0 Å². The van der Waals surface area contributed by atoms with Crippen molar-refractivity contribution in [2.24, 2.45) is 5.10 Å². The zero-order valence-electron chi connectivity index (χ0n) is 21.9. The fourth-order valence-electron chi connectivity index (χ4n) is 4.68. The van der Waals surface area contributed by atoms with Crippen molar-refractivity contribution in [3.8, 4) is 17.2 Å². The van der Waals surface area contributed by atoms with Crippen molar-refractivity contribution < 1.29 is 18.7 Å². The minimum absolute atomic E-state index is 0.0386. The van der Waals surface area contributed by atoms with Gasteiger partial charge in [-0.15, -0.1) is 11.3 Å². The predicted octanol–water partition coefficient (Wildman–Crippen LogP) is 4.80. The van der Waals surface area contributed by atoms with E-state index in [1.807, 2.05) is 29.6 Å². The zero-order valence-corrected chi connectivity index (χ0v) is 23.5. The molecule has 3 aromatic heterocycles. The van der Waals surface area contributed by atoms with Crippen LogP contribution in [0.2, 0.25) is 0 Å². The molecule has 1 atom stereocenters. The normalized spacial score (nSPS) is 14.9. The van der Waals surface area contributed by atoms with Crippen LogP contribution in [0.25, 0.3) is 16.7 Å². The van der Waals surface area contributed by atoms with E-state index in [2.05, 4.69) is 15.1 Å². The second-order valence-corrected chi connectivity index (χ2v) is 10.9. The Hall–Kier alpha value is -4.49. The Labute approximate surface area is 241 Å². The number of nitrogens with zero attached hydrogens (tertiary/aromatic N) is 5. The molecule has 1 aliphatic rings. The van der Waals surface area contributed by atoms with Gasteiger partial charge >= 0.3 is 0 Å². The quantitative estimate of drug-likeness (QED) is 0.204. The summed E-state index contributed by atoms with van der Waals surface area (Å²) in [5, 5.41) is 12.9. The van der Waals surface area contributed by atoms with Crippen molar-refractivity contribution in [3.63, 3.8) is 0 Å². The number of thiophene rings is 1. The number of aromatic nitrogens is 4. The summed E-state index contributed by atoms with van der Waals surface area (Å²) in [6, 6.07) is 14.8. The third kappa shape index (κ3) is 5.09. The molecule has 208 valence electrons. The Balaban J connectivity index is 1.29. The summed E-state index contributed by atoms with van der Waals surface area (Å²) in [7, 11) is 3.13. The van der Waals surface area contributed by atoms with E-state index in [-0.39, 0.29) is 28.0 Å². The summed E-state index contributed by atoms with van der Waals surface area (Å²) in [6.07, 6.45) is 1.90. The van der Waals surface area contributed by atoms with Crippen LogP contribution in [-0.2, 0) is 4.79 Å². The van der Waals surface area contributed by atoms with Gasteiger partial charge in [-0.25, -0.2) is 19.1 Å². The minimum atomic E-state index is -0.417. The maximum absolute atomic E-state index is 13.6. The van der Waals surface area contributed by atoms with E-state index in [0.717, 1.165) is 27.9 Å². The number of fused-ring (bicyclic) bond motifs is 1.